The van der Waals surface area contributed by atoms with Crippen molar-refractivity contribution in [3.8, 4) is 11.5 Å². The Morgan fingerprint density at radius 3 is 2.56 bits per heavy atom. The number of carbonyl (C=O) groups excluding carboxylic acids is 2. The molecule has 25 heavy (non-hydrogen) atoms. The summed E-state index contributed by atoms with van der Waals surface area (Å²) in [6, 6.07) is 7.61. The van der Waals surface area contributed by atoms with Gasteiger partial charge in [-0.05, 0) is 52.2 Å². The van der Waals surface area contributed by atoms with Gasteiger partial charge in [0.25, 0.3) is 0 Å². The summed E-state index contributed by atoms with van der Waals surface area (Å²) in [5.74, 6) is 0.333. The number of esters is 1. The highest BCUT2D eigenvalue weighted by Crippen LogP contribution is 2.33. The van der Waals surface area contributed by atoms with Crippen molar-refractivity contribution in [1.82, 2.24) is 0 Å². The molecule has 0 aliphatic heterocycles. The summed E-state index contributed by atoms with van der Waals surface area (Å²) in [6.45, 7) is 4.64. The smallest absolute Gasteiger partial charge is 0.343 e. The van der Waals surface area contributed by atoms with Gasteiger partial charge in [-0.3, -0.25) is 4.79 Å². The molecule has 2 aromatic rings. The number of ether oxygens (including phenoxy) is 2. The van der Waals surface area contributed by atoms with Crippen LogP contribution in [0.5, 0.6) is 11.5 Å². The number of carbonyl (C=O) groups is 2. The number of benzene rings is 2. The van der Waals surface area contributed by atoms with Crippen LogP contribution in [0.1, 0.15) is 34.6 Å². The van der Waals surface area contributed by atoms with Gasteiger partial charge >= 0.3 is 5.97 Å². The Balaban J connectivity index is 2.22. The minimum atomic E-state index is -0.650. The third kappa shape index (κ3) is 5.21. The molecule has 0 aromatic heterocycles. The lowest BCUT2D eigenvalue weighted by molar-refractivity contribution is 0.0733. The summed E-state index contributed by atoms with van der Waals surface area (Å²) in [4.78, 5) is 23.5. The van der Waals surface area contributed by atoms with E-state index in [1.165, 1.54) is 12.1 Å². The van der Waals surface area contributed by atoms with E-state index in [-0.39, 0.29) is 26.9 Å². The predicted octanol–water partition coefficient (Wildman–Crippen LogP) is 5.82. The maximum Gasteiger partial charge on any atom is 0.343 e. The van der Waals surface area contributed by atoms with Crippen molar-refractivity contribution >= 4 is 51.4 Å². The molecule has 0 aliphatic rings. The average Bonchev–Trinajstić information content (AvgIpc) is 2.55. The van der Waals surface area contributed by atoms with Crippen molar-refractivity contribution in [2.75, 3.05) is 6.61 Å². The first-order valence-corrected chi connectivity index (χ1v) is 8.95. The minimum absolute atomic E-state index is 0.0256. The summed E-state index contributed by atoms with van der Waals surface area (Å²) in [6.07, 6.45) is 0.527. The first-order valence-electron chi connectivity index (χ1n) is 7.40. The third-order valence-electron chi connectivity index (χ3n) is 3.10. The Bertz CT molecular complexity index is 806. The fraction of sp³-hybridized carbons (Fsp3) is 0.222. The Hall–Kier alpha value is -1.56. The van der Waals surface area contributed by atoms with Crippen LogP contribution in [0, 0.1) is 5.92 Å². The molecule has 4 nitrogen and oxygen atoms in total. The molecule has 132 valence electrons. The topological polar surface area (TPSA) is 52.6 Å². The zero-order valence-electron chi connectivity index (χ0n) is 13.5. The lowest BCUT2D eigenvalue weighted by Gasteiger charge is -2.12. The van der Waals surface area contributed by atoms with E-state index in [0.717, 1.165) is 0 Å². The second-order valence-corrected chi connectivity index (χ2v) is 7.36. The molecule has 0 aliphatic carbocycles. The van der Waals surface area contributed by atoms with Crippen LogP contribution in [0.3, 0.4) is 0 Å². The van der Waals surface area contributed by atoms with Crippen LogP contribution < -0.4 is 9.47 Å². The Morgan fingerprint density at radius 1 is 1.24 bits per heavy atom. The highest BCUT2D eigenvalue weighted by molar-refractivity contribution is 9.10. The first kappa shape index (κ1) is 19.8. The zero-order chi connectivity index (χ0) is 18.6. The molecule has 0 N–H and O–H groups in total. The van der Waals surface area contributed by atoms with Crippen molar-refractivity contribution in [2.24, 2.45) is 5.92 Å². The van der Waals surface area contributed by atoms with E-state index in [1.807, 2.05) is 13.8 Å². The second-order valence-electron chi connectivity index (χ2n) is 5.66. The predicted molar refractivity (Wildman–Crippen MR) is 101 cm³/mol. The lowest BCUT2D eigenvalue weighted by atomic mass is 10.2. The van der Waals surface area contributed by atoms with Crippen molar-refractivity contribution < 1.29 is 19.1 Å². The molecule has 0 amide bonds. The molecule has 0 unspecified atom stereocenters. The summed E-state index contributed by atoms with van der Waals surface area (Å²) < 4.78 is 11.5. The quantitative estimate of drug-likeness (QED) is 0.319. The van der Waals surface area contributed by atoms with Gasteiger partial charge in [0.05, 0.1) is 27.2 Å². The Kier molecular flexibility index (Phi) is 6.87. The van der Waals surface area contributed by atoms with Crippen LogP contribution in [-0.4, -0.2) is 18.9 Å². The van der Waals surface area contributed by atoms with Gasteiger partial charge in [-0.25, -0.2) is 4.79 Å². The number of rotatable bonds is 6. The van der Waals surface area contributed by atoms with Crippen LogP contribution in [0.2, 0.25) is 10.0 Å². The fourth-order valence-corrected chi connectivity index (χ4v) is 2.97. The van der Waals surface area contributed by atoms with Crippen molar-refractivity contribution in [2.45, 2.75) is 13.8 Å². The Labute approximate surface area is 164 Å². The fourth-order valence-electron chi connectivity index (χ4n) is 1.93. The summed E-state index contributed by atoms with van der Waals surface area (Å²) in [5.41, 5.74) is 0.383. The lowest BCUT2D eigenvalue weighted by Crippen LogP contribution is -2.11. The molecule has 0 fully saturated rings. The molecular formula is C18H15BrCl2O4. The standard InChI is InChI=1S/C18H15BrCl2O4/c1-10(2)9-24-16-4-3-11(6-14(16)19)18(23)25-17-12(8-22)5-13(20)7-15(17)21/h3-8,10H,9H2,1-2H3. The van der Waals surface area contributed by atoms with Crippen LogP contribution in [-0.2, 0) is 0 Å². The minimum Gasteiger partial charge on any atom is -0.492 e. The van der Waals surface area contributed by atoms with Gasteiger partial charge in [0.1, 0.15) is 5.75 Å². The molecular weight excluding hydrogens is 431 g/mol. The van der Waals surface area contributed by atoms with E-state index in [2.05, 4.69) is 15.9 Å². The average molecular weight is 446 g/mol. The summed E-state index contributed by atoms with van der Waals surface area (Å²) in [7, 11) is 0. The van der Waals surface area contributed by atoms with Crippen molar-refractivity contribution in [1.29, 1.82) is 0 Å². The van der Waals surface area contributed by atoms with Crippen LogP contribution in [0.15, 0.2) is 34.8 Å². The maximum atomic E-state index is 12.4. The van der Waals surface area contributed by atoms with Crippen LogP contribution in [0.25, 0.3) is 0 Å². The van der Waals surface area contributed by atoms with Gasteiger partial charge < -0.3 is 9.47 Å². The number of hydrogen-bond acceptors (Lipinski definition) is 4. The van der Waals surface area contributed by atoms with E-state index < -0.39 is 5.97 Å². The number of halogens is 3. The van der Waals surface area contributed by atoms with E-state index in [0.29, 0.717) is 29.0 Å². The van der Waals surface area contributed by atoms with Gasteiger partial charge in [0.15, 0.2) is 12.0 Å². The molecule has 0 heterocycles. The number of hydrogen-bond donors (Lipinski definition) is 0. The van der Waals surface area contributed by atoms with Gasteiger partial charge in [-0.15, -0.1) is 0 Å². The molecule has 0 saturated heterocycles. The second kappa shape index (κ2) is 8.70. The van der Waals surface area contributed by atoms with Gasteiger partial charge in [0.2, 0.25) is 0 Å². The zero-order valence-corrected chi connectivity index (χ0v) is 16.6. The molecule has 0 radical (unpaired) electrons. The number of aldehydes is 1. The van der Waals surface area contributed by atoms with E-state index in [4.69, 9.17) is 32.7 Å². The largest absolute Gasteiger partial charge is 0.492 e. The van der Waals surface area contributed by atoms with Gasteiger partial charge in [-0.2, -0.15) is 0 Å². The van der Waals surface area contributed by atoms with Gasteiger partial charge in [0, 0.05) is 5.02 Å². The highest BCUT2D eigenvalue weighted by atomic mass is 79.9. The van der Waals surface area contributed by atoms with Gasteiger partial charge in [-0.1, -0.05) is 37.0 Å². The molecule has 0 atom stereocenters. The van der Waals surface area contributed by atoms with E-state index >= 15 is 0 Å². The third-order valence-corrected chi connectivity index (χ3v) is 4.22. The molecule has 0 bridgehead atoms. The van der Waals surface area contributed by atoms with Crippen LogP contribution in [0.4, 0.5) is 0 Å². The van der Waals surface area contributed by atoms with Crippen molar-refractivity contribution in [3.05, 3.63) is 56.0 Å². The maximum absolute atomic E-state index is 12.4. The van der Waals surface area contributed by atoms with Crippen LogP contribution >= 0.6 is 39.1 Å². The normalized spacial score (nSPS) is 10.6. The van der Waals surface area contributed by atoms with E-state index in [1.54, 1.807) is 18.2 Å². The Morgan fingerprint density at radius 2 is 1.96 bits per heavy atom. The summed E-state index contributed by atoms with van der Waals surface area (Å²) in [5, 5.41) is 0.361. The first-order chi connectivity index (χ1) is 11.8. The molecule has 2 rings (SSSR count). The highest BCUT2D eigenvalue weighted by Gasteiger charge is 2.17. The molecule has 7 heteroatoms. The molecule has 2 aromatic carbocycles. The van der Waals surface area contributed by atoms with E-state index in [9.17, 15) is 9.59 Å². The monoisotopic (exact) mass is 444 g/mol. The summed E-state index contributed by atoms with van der Waals surface area (Å²) >= 11 is 15.2. The SMILES string of the molecule is CC(C)COc1ccc(C(=O)Oc2c(Cl)cc(Cl)cc2C=O)cc1Br. The van der Waals surface area contributed by atoms with Crippen molar-refractivity contribution in [3.63, 3.8) is 0 Å². The molecule has 0 saturated carbocycles. The molecule has 0 spiro atoms.